The summed E-state index contributed by atoms with van der Waals surface area (Å²) in [5.74, 6) is 1.38. The van der Waals surface area contributed by atoms with Crippen molar-refractivity contribution in [2.75, 3.05) is 53.6 Å². The van der Waals surface area contributed by atoms with Crippen LogP contribution in [-0.4, -0.2) is 76.4 Å². The highest BCUT2D eigenvalue weighted by molar-refractivity contribution is 5.96. The van der Waals surface area contributed by atoms with E-state index in [4.69, 9.17) is 18.9 Å². The molecule has 2 aromatic carbocycles. The maximum atomic E-state index is 12.6. The number of ether oxygens (including phenoxy) is 4. The Morgan fingerprint density at radius 3 is 2.29 bits per heavy atom. The third kappa shape index (κ3) is 7.60. The van der Waals surface area contributed by atoms with E-state index in [1.54, 1.807) is 38.5 Å². The Bertz CT molecular complexity index is 974. The molecular formula is C26H35N3O6. The van der Waals surface area contributed by atoms with Crippen molar-refractivity contribution in [1.82, 2.24) is 15.5 Å². The number of hydrogen-bond acceptors (Lipinski definition) is 7. The molecule has 190 valence electrons. The zero-order chi connectivity index (χ0) is 25.2. The second-order valence-electron chi connectivity index (χ2n) is 8.46. The monoisotopic (exact) mass is 485 g/mol. The smallest absolute Gasteiger partial charge is 0.251 e. The van der Waals surface area contributed by atoms with Crippen molar-refractivity contribution in [1.29, 1.82) is 0 Å². The van der Waals surface area contributed by atoms with E-state index in [0.29, 0.717) is 42.6 Å². The van der Waals surface area contributed by atoms with E-state index in [0.717, 1.165) is 18.7 Å². The maximum absolute atomic E-state index is 12.6. The van der Waals surface area contributed by atoms with Gasteiger partial charge in [-0.25, -0.2) is 0 Å². The Morgan fingerprint density at radius 1 is 0.971 bits per heavy atom. The molecule has 1 heterocycles. The molecule has 2 N–H and O–H groups in total. The highest BCUT2D eigenvalue weighted by atomic mass is 16.5. The minimum absolute atomic E-state index is 0.0543. The van der Waals surface area contributed by atoms with E-state index in [2.05, 4.69) is 15.5 Å². The molecule has 0 radical (unpaired) electrons. The van der Waals surface area contributed by atoms with E-state index in [9.17, 15) is 9.59 Å². The topological polar surface area (TPSA) is 98.4 Å². The molecule has 0 saturated carbocycles. The molecule has 0 aliphatic carbocycles. The summed E-state index contributed by atoms with van der Waals surface area (Å²) < 4.78 is 21.9. The normalized spacial score (nSPS) is 14.8. The number of benzene rings is 2. The number of morpholine rings is 1. The van der Waals surface area contributed by atoms with Gasteiger partial charge in [-0.3, -0.25) is 14.5 Å². The van der Waals surface area contributed by atoms with Gasteiger partial charge in [0.25, 0.3) is 5.91 Å². The lowest BCUT2D eigenvalue weighted by Gasteiger charge is -2.35. The average molecular weight is 486 g/mol. The summed E-state index contributed by atoms with van der Waals surface area (Å²) in [7, 11) is 3.19. The summed E-state index contributed by atoms with van der Waals surface area (Å²) in [6, 6.07) is 12.5. The maximum Gasteiger partial charge on any atom is 0.251 e. The van der Waals surface area contributed by atoms with Crippen molar-refractivity contribution in [2.45, 2.75) is 26.0 Å². The number of hydrogen-bond donors (Lipinski definition) is 2. The molecule has 2 amide bonds. The zero-order valence-corrected chi connectivity index (χ0v) is 20.8. The van der Waals surface area contributed by atoms with E-state index >= 15 is 0 Å². The molecule has 1 atom stereocenters. The van der Waals surface area contributed by atoms with Crippen LogP contribution in [0, 0.1) is 0 Å². The van der Waals surface area contributed by atoms with Gasteiger partial charge in [-0.15, -0.1) is 0 Å². The Kier molecular flexibility index (Phi) is 9.75. The number of carbonyl (C=O) groups is 2. The van der Waals surface area contributed by atoms with Crippen LogP contribution in [0.3, 0.4) is 0 Å². The van der Waals surface area contributed by atoms with Crippen molar-refractivity contribution in [3.8, 4) is 17.2 Å². The number of rotatable bonds is 11. The molecule has 3 rings (SSSR count). The van der Waals surface area contributed by atoms with Gasteiger partial charge in [0, 0.05) is 25.2 Å². The average Bonchev–Trinajstić information content (AvgIpc) is 2.88. The second kappa shape index (κ2) is 13.0. The molecule has 0 aromatic heterocycles. The Balaban J connectivity index is 1.59. The first-order valence-corrected chi connectivity index (χ1v) is 11.8. The summed E-state index contributed by atoms with van der Waals surface area (Å²) in [6.07, 6.45) is 0.0543. The predicted molar refractivity (Wildman–Crippen MR) is 132 cm³/mol. The van der Waals surface area contributed by atoms with Crippen molar-refractivity contribution in [3.05, 3.63) is 53.6 Å². The van der Waals surface area contributed by atoms with Crippen LogP contribution >= 0.6 is 0 Å². The minimum Gasteiger partial charge on any atom is -0.493 e. The number of nitrogens with zero attached hydrogens (tertiary/aromatic N) is 1. The van der Waals surface area contributed by atoms with Gasteiger partial charge in [0.1, 0.15) is 5.75 Å². The summed E-state index contributed by atoms with van der Waals surface area (Å²) in [6.45, 7) is 6.91. The first-order chi connectivity index (χ1) is 16.9. The summed E-state index contributed by atoms with van der Waals surface area (Å²) in [5, 5.41) is 5.63. The van der Waals surface area contributed by atoms with E-state index in [-0.39, 0.29) is 30.5 Å². The van der Waals surface area contributed by atoms with Crippen LogP contribution in [0.25, 0.3) is 0 Å². The van der Waals surface area contributed by atoms with Crippen LogP contribution in [0.2, 0.25) is 0 Å². The fourth-order valence-electron chi connectivity index (χ4n) is 3.90. The fourth-order valence-corrected chi connectivity index (χ4v) is 3.90. The van der Waals surface area contributed by atoms with Gasteiger partial charge in [-0.2, -0.15) is 0 Å². The number of carbonyl (C=O) groups excluding carboxylic acids is 2. The molecule has 0 bridgehead atoms. The number of methoxy groups -OCH3 is 2. The number of amides is 2. The van der Waals surface area contributed by atoms with Gasteiger partial charge >= 0.3 is 0 Å². The lowest BCUT2D eigenvalue weighted by molar-refractivity contribution is -0.120. The molecular weight excluding hydrogens is 450 g/mol. The molecule has 1 fully saturated rings. The van der Waals surface area contributed by atoms with Gasteiger partial charge < -0.3 is 29.6 Å². The first kappa shape index (κ1) is 26.3. The van der Waals surface area contributed by atoms with Crippen molar-refractivity contribution in [3.63, 3.8) is 0 Å². The van der Waals surface area contributed by atoms with Crippen molar-refractivity contribution in [2.24, 2.45) is 0 Å². The molecule has 35 heavy (non-hydrogen) atoms. The second-order valence-corrected chi connectivity index (χ2v) is 8.46. The molecule has 1 aliphatic rings. The summed E-state index contributed by atoms with van der Waals surface area (Å²) >= 11 is 0. The quantitative estimate of drug-likeness (QED) is 0.504. The Labute approximate surface area is 206 Å². The molecule has 0 spiro atoms. The number of nitrogens with one attached hydrogen (secondary N) is 2. The standard InChI is InChI=1S/C26H35N3O6/c1-18(2)35-21-8-5-19(6-9-21)26(31)28-17-25(30)27-16-22(29-11-13-34-14-12-29)20-7-10-23(32-3)24(15-20)33-4/h5-10,15,18,22H,11-14,16-17H2,1-4H3,(H,27,30)(H,28,31). The predicted octanol–water partition coefficient (Wildman–Crippen LogP) is 2.41. The Morgan fingerprint density at radius 2 is 1.66 bits per heavy atom. The summed E-state index contributed by atoms with van der Waals surface area (Å²) in [5.41, 5.74) is 1.46. The van der Waals surface area contributed by atoms with Gasteiger partial charge in [-0.1, -0.05) is 6.07 Å². The van der Waals surface area contributed by atoms with Crippen molar-refractivity contribution < 1.29 is 28.5 Å². The molecule has 9 heteroatoms. The van der Waals surface area contributed by atoms with Gasteiger partial charge in [-0.05, 0) is 55.8 Å². The molecule has 1 aliphatic heterocycles. The van der Waals surface area contributed by atoms with E-state index < -0.39 is 0 Å². The molecule has 1 unspecified atom stereocenters. The summed E-state index contributed by atoms with van der Waals surface area (Å²) in [4.78, 5) is 27.3. The lowest BCUT2D eigenvalue weighted by atomic mass is 10.0. The first-order valence-electron chi connectivity index (χ1n) is 11.8. The van der Waals surface area contributed by atoms with Gasteiger partial charge in [0.15, 0.2) is 11.5 Å². The molecule has 9 nitrogen and oxygen atoms in total. The van der Waals surface area contributed by atoms with Crippen LogP contribution < -0.4 is 24.8 Å². The van der Waals surface area contributed by atoms with Crippen LogP contribution in [-0.2, 0) is 9.53 Å². The van der Waals surface area contributed by atoms with Gasteiger partial charge in [0.2, 0.25) is 5.91 Å². The van der Waals surface area contributed by atoms with Crippen molar-refractivity contribution >= 4 is 11.8 Å². The lowest BCUT2D eigenvalue weighted by Crippen LogP contribution is -2.45. The molecule has 2 aromatic rings. The van der Waals surface area contributed by atoms with E-state index in [1.165, 1.54) is 0 Å². The van der Waals surface area contributed by atoms with Gasteiger partial charge in [0.05, 0.1) is 46.1 Å². The SMILES string of the molecule is COc1ccc(C(CNC(=O)CNC(=O)c2ccc(OC(C)C)cc2)N2CCOCC2)cc1OC. The minimum atomic E-state index is -0.319. The highest BCUT2D eigenvalue weighted by Gasteiger charge is 2.24. The highest BCUT2D eigenvalue weighted by Crippen LogP contribution is 2.32. The Hall–Kier alpha value is -3.30. The largest absolute Gasteiger partial charge is 0.493 e. The zero-order valence-electron chi connectivity index (χ0n) is 20.8. The van der Waals surface area contributed by atoms with E-state index in [1.807, 2.05) is 32.0 Å². The van der Waals surface area contributed by atoms with Crippen LogP contribution in [0.5, 0.6) is 17.2 Å². The van der Waals surface area contributed by atoms with Crippen LogP contribution in [0.15, 0.2) is 42.5 Å². The molecule has 1 saturated heterocycles. The van der Waals surface area contributed by atoms with Crippen LogP contribution in [0.4, 0.5) is 0 Å². The van der Waals surface area contributed by atoms with Crippen LogP contribution in [0.1, 0.15) is 35.8 Å². The third-order valence-corrected chi connectivity index (χ3v) is 5.67. The fraction of sp³-hybridized carbons (Fsp3) is 0.462. The third-order valence-electron chi connectivity index (χ3n) is 5.67.